The first-order valence-electron chi connectivity index (χ1n) is 10.7. The molecule has 7 heteroatoms. The molecule has 3 aromatic rings. The van der Waals surface area contributed by atoms with Gasteiger partial charge in [-0.05, 0) is 78.4 Å². The number of imide groups is 2. The molecule has 1 aliphatic rings. The highest BCUT2D eigenvalue weighted by Crippen LogP contribution is 2.29. The molecule has 0 aromatic heterocycles. The summed E-state index contributed by atoms with van der Waals surface area (Å²) >= 11 is 3.58. The molecule has 6 nitrogen and oxygen atoms in total. The molecule has 4 amide bonds. The van der Waals surface area contributed by atoms with Gasteiger partial charge >= 0.3 is 6.03 Å². The van der Waals surface area contributed by atoms with Crippen molar-refractivity contribution in [3.8, 4) is 5.75 Å². The van der Waals surface area contributed by atoms with Crippen LogP contribution in [0.25, 0.3) is 6.08 Å². The van der Waals surface area contributed by atoms with Crippen molar-refractivity contribution < 1.29 is 19.1 Å². The van der Waals surface area contributed by atoms with E-state index in [1.165, 1.54) is 6.08 Å². The standard InChI is InChI=1S/C27H23BrN2O4/c1-16-7-6-10-24(17(16)2)30-26(32)22(25(31)29-27(30)33)15-18-11-12-21(34-3)14-20(18)13-19-8-4-5-9-23(19)28/h4-12,14-15H,13H2,1-3H3,(H,29,31,33)/b22-15+. The second kappa shape index (κ2) is 9.65. The molecule has 1 saturated heterocycles. The molecule has 3 aromatic carbocycles. The predicted molar refractivity (Wildman–Crippen MR) is 135 cm³/mol. The summed E-state index contributed by atoms with van der Waals surface area (Å²) in [6.45, 7) is 3.74. The number of halogens is 1. The van der Waals surface area contributed by atoms with Crippen molar-refractivity contribution >= 4 is 45.5 Å². The van der Waals surface area contributed by atoms with E-state index < -0.39 is 17.8 Å². The maximum Gasteiger partial charge on any atom is 0.335 e. The molecule has 172 valence electrons. The number of carbonyl (C=O) groups is 3. The minimum Gasteiger partial charge on any atom is -0.497 e. The number of methoxy groups -OCH3 is 1. The molecule has 0 radical (unpaired) electrons. The predicted octanol–water partition coefficient (Wildman–Crippen LogP) is 5.33. The van der Waals surface area contributed by atoms with Gasteiger partial charge in [-0.1, -0.05) is 52.3 Å². The molecule has 1 heterocycles. The zero-order valence-electron chi connectivity index (χ0n) is 19.0. The van der Waals surface area contributed by atoms with E-state index in [2.05, 4.69) is 21.2 Å². The third-order valence-corrected chi connectivity index (χ3v) is 6.68. The lowest BCUT2D eigenvalue weighted by molar-refractivity contribution is -0.122. The Labute approximate surface area is 206 Å². The van der Waals surface area contributed by atoms with Crippen LogP contribution in [0.5, 0.6) is 5.75 Å². The van der Waals surface area contributed by atoms with Crippen LogP contribution in [0.3, 0.4) is 0 Å². The summed E-state index contributed by atoms with van der Waals surface area (Å²) in [5.41, 5.74) is 4.66. The van der Waals surface area contributed by atoms with Crippen LogP contribution in [0.15, 0.2) is 70.7 Å². The Bertz CT molecular complexity index is 1350. The first kappa shape index (κ1) is 23.4. The topological polar surface area (TPSA) is 75.7 Å². The maximum atomic E-state index is 13.4. The van der Waals surface area contributed by atoms with E-state index in [-0.39, 0.29) is 5.57 Å². The van der Waals surface area contributed by atoms with E-state index in [4.69, 9.17) is 4.74 Å². The van der Waals surface area contributed by atoms with Gasteiger partial charge < -0.3 is 4.74 Å². The number of amides is 4. The van der Waals surface area contributed by atoms with Gasteiger partial charge in [0.05, 0.1) is 12.8 Å². The van der Waals surface area contributed by atoms with Gasteiger partial charge in [0.2, 0.25) is 0 Å². The molecule has 0 spiro atoms. The number of anilines is 1. The van der Waals surface area contributed by atoms with E-state index in [1.807, 2.05) is 50.2 Å². The van der Waals surface area contributed by atoms with E-state index >= 15 is 0 Å². The molecule has 1 N–H and O–H groups in total. The van der Waals surface area contributed by atoms with Crippen LogP contribution in [-0.4, -0.2) is 25.0 Å². The number of carbonyl (C=O) groups excluding carboxylic acids is 3. The maximum absolute atomic E-state index is 13.4. The highest BCUT2D eigenvalue weighted by atomic mass is 79.9. The van der Waals surface area contributed by atoms with Crippen molar-refractivity contribution in [3.63, 3.8) is 0 Å². The monoisotopic (exact) mass is 518 g/mol. The summed E-state index contributed by atoms with van der Waals surface area (Å²) in [7, 11) is 1.58. The fourth-order valence-corrected chi connectivity index (χ4v) is 4.28. The van der Waals surface area contributed by atoms with E-state index in [0.29, 0.717) is 23.4 Å². The van der Waals surface area contributed by atoms with Crippen LogP contribution in [-0.2, 0) is 16.0 Å². The zero-order valence-corrected chi connectivity index (χ0v) is 20.6. The molecule has 4 rings (SSSR count). The third-order valence-electron chi connectivity index (χ3n) is 5.91. The first-order valence-corrected chi connectivity index (χ1v) is 11.5. The van der Waals surface area contributed by atoms with Gasteiger partial charge in [0.15, 0.2) is 0 Å². The molecule has 0 atom stereocenters. The smallest absolute Gasteiger partial charge is 0.335 e. The summed E-state index contributed by atoms with van der Waals surface area (Å²) in [5.74, 6) is -0.722. The summed E-state index contributed by atoms with van der Waals surface area (Å²) in [5, 5.41) is 2.30. The van der Waals surface area contributed by atoms with Gasteiger partial charge in [-0.3, -0.25) is 14.9 Å². The van der Waals surface area contributed by atoms with E-state index in [0.717, 1.165) is 31.6 Å². The highest BCUT2D eigenvalue weighted by Gasteiger charge is 2.37. The lowest BCUT2D eigenvalue weighted by Crippen LogP contribution is -2.54. The Morgan fingerprint density at radius 2 is 1.74 bits per heavy atom. The number of aryl methyl sites for hydroxylation is 1. The largest absolute Gasteiger partial charge is 0.497 e. The van der Waals surface area contributed by atoms with Crippen molar-refractivity contribution in [1.29, 1.82) is 0 Å². The Morgan fingerprint density at radius 3 is 2.47 bits per heavy atom. The lowest BCUT2D eigenvalue weighted by Gasteiger charge is -2.28. The molecule has 0 saturated carbocycles. The molecule has 34 heavy (non-hydrogen) atoms. The molecular formula is C27H23BrN2O4. The van der Waals surface area contributed by atoms with Gasteiger partial charge in [-0.2, -0.15) is 0 Å². The van der Waals surface area contributed by atoms with Gasteiger partial charge in [0, 0.05) is 4.47 Å². The Kier molecular flexibility index (Phi) is 6.65. The number of hydrogen-bond acceptors (Lipinski definition) is 4. The molecular weight excluding hydrogens is 496 g/mol. The highest BCUT2D eigenvalue weighted by molar-refractivity contribution is 9.10. The molecule has 0 bridgehead atoms. The molecule has 1 aliphatic heterocycles. The molecule has 1 fully saturated rings. The average Bonchev–Trinajstić information content (AvgIpc) is 2.81. The van der Waals surface area contributed by atoms with Crippen molar-refractivity contribution in [3.05, 3.63) is 98.5 Å². The van der Waals surface area contributed by atoms with Gasteiger partial charge in [-0.15, -0.1) is 0 Å². The number of ether oxygens (including phenoxy) is 1. The van der Waals surface area contributed by atoms with Gasteiger partial charge in [0.25, 0.3) is 11.8 Å². The summed E-state index contributed by atoms with van der Waals surface area (Å²) in [6.07, 6.45) is 2.08. The van der Waals surface area contributed by atoms with Crippen LogP contribution in [0.2, 0.25) is 0 Å². The van der Waals surface area contributed by atoms with Crippen molar-refractivity contribution in [2.75, 3.05) is 12.0 Å². The number of barbiturate groups is 1. The van der Waals surface area contributed by atoms with Gasteiger partial charge in [0.1, 0.15) is 11.3 Å². The summed E-state index contributed by atoms with van der Waals surface area (Å²) < 4.78 is 6.35. The number of nitrogens with zero attached hydrogens (tertiary/aromatic N) is 1. The second-order valence-electron chi connectivity index (χ2n) is 8.01. The quantitative estimate of drug-likeness (QED) is 0.365. The number of hydrogen-bond donors (Lipinski definition) is 1. The second-order valence-corrected chi connectivity index (χ2v) is 8.86. The lowest BCUT2D eigenvalue weighted by atomic mass is 9.96. The summed E-state index contributed by atoms with van der Waals surface area (Å²) in [4.78, 5) is 39.8. The molecule has 0 unspecified atom stereocenters. The number of nitrogens with one attached hydrogen (secondary N) is 1. The van der Waals surface area contributed by atoms with E-state index in [9.17, 15) is 14.4 Å². The van der Waals surface area contributed by atoms with Crippen LogP contribution in [0.1, 0.15) is 27.8 Å². The number of urea groups is 1. The minimum atomic E-state index is -0.760. The fourth-order valence-electron chi connectivity index (χ4n) is 3.86. The van der Waals surface area contributed by atoms with Gasteiger partial charge in [-0.25, -0.2) is 9.69 Å². The SMILES string of the molecule is COc1ccc(/C=C2\C(=O)NC(=O)N(c3cccc(C)c3C)C2=O)c(Cc2ccccc2Br)c1. The number of benzene rings is 3. The van der Waals surface area contributed by atoms with Crippen LogP contribution < -0.4 is 15.0 Å². The van der Waals surface area contributed by atoms with E-state index in [1.54, 1.807) is 31.4 Å². The van der Waals surface area contributed by atoms with Crippen molar-refractivity contribution in [2.24, 2.45) is 0 Å². The van der Waals surface area contributed by atoms with Crippen molar-refractivity contribution in [1.82, 2.24) is 5.32 Å². The Balaban J connectivity index is 1.79. The van der Waals surface area contributed by atoms with Crippen LogP contribution in [0, 0.1) is 13.8 Å². The van der Waals surface area contributed by atoms with Crippen molar-refractivity contribution in [2.45, 2.75) is 20.3 Å². The third kappa shape index (κ3) is 4.52. The zero-order chi connectivity index (χ0) is 24.4. The number of rotatable bonds is 5. The van der Waals surface area contributed by atoms with Crippen LogP contribution >= 0.6 is 15.9 Å². The Morgan fingerprint density at radius 1 is 0.971 bits per heavy atom. The molecule has 0 aliphatic carbocycles. The fraction of sp³-hybridized carbons (Fsp3) is 0.148. The first-order chi connectivity index (χ1) is 16.3. The van der Waals surface area contributed by atoms with Crippen LogP contribution in [0.4, 0.5) is 10.5 Å². The summed E-state index contributed by atoms with van der Waals surface area (Å²) in [6, 6.07) is 17.9. The minimum absolute atomic E-state index is 0.112. The Hall–Kier alpha value is -3.71. The average molecular weight is 519 g/mol. The normalized spacial score (nSPS) is 15.0.